The predicted octanol–water partition coefficient (Wildman–Crippen LogP) is 3.64. The van der Waals surface area contributed by atoms with Gasteiger partial charge in [-0.2, -0.15) is 0 Å². The summed E-state index contributed by atoms with van der Waals surface area (Å²) < 4.78 is 13.7. The molecule has 17 heavy (non-hydrogen) atoms. The van der Waals surface area contributed by atoms with E-state index >= 15 is 0 Å². The van der Waals surface area contributed by atoms with Crippen LogP contribution in [0.3, 0.4) is 0 Å². The van der Waals surface area contributed by atoms with E-state index in [4.69, 9.17) is 0 Å². The Kier molecular flexibility index (Phi) is 4.09. The predicted molar refractivity (Wildman–Crippen MR) is 70.5 cm³/mol. The second-order valence-corrected chi connectivity index (χ2v) is 4.48. The van der Waals surface area contributed by atoms with Crippen LogP contribution in [-0.2, 0) is 6.42 Å². The second kappa shape index (κ2) is 5.77. The molecule has 0 amide bonds. The first-order chi connectivity index (χ1) is 8.25. The van der Waals surface area contributed by atoms with Crippen LogP contribution in [0.5, 0.6) is 0 Å². The minimum absolute atomic E-state index is 0.257. The third-order valence-corrected chi connectivity index (χ3v) is 3.00. The molecule has 2 rings (SSSR count). The van der Waals surface area contributed by atoms with Gasteiger partial charge in [0.1, 0.15) is 5.82 Å². The van der Waals surface area contributed by atoms with Crippen LogP contribution in [0, 0.1) is 5.82 Å². The summed E-state index contributed by atoms with van der Waals surface area (Å²) in [5, 5.41) is 3.16. The van der Waals surface area contributed by atoms with E-state index in [1.165, 1.54) is 6.07 Å². The number of nitrogens with one attached hydrogen (secondary N) is 1. The first-order valence-corrected chi connectivity index (χ1v) is 6.14. The molecule has 88 valence electrons. The van der Waals surface area contributed by atoms with E-state index < -0.39 is 0 Å². The molecule has 0 aliphatic carbocycles. The fourth-order valence-electron chi connectivity index (χ4n) is 1.49. The van der Waals surface area contributed by atoms with Gasteiger partial charge in [-0.25, -0.2) is 4.39 Å². The van der Waals surface area contributed by atoms with E-state index in [1.54, 1.807) is 12.3 Å². The number of hydrogen-bond donors (Lipinski definition) is 1. The highest BCUT2D eigenvalue weighted by atomic mass is 79.9. The number of pyridine rings is 1. The van der Waals surface area contributed by atoms with E-state index in [-0.39, 0.29) is 5.82 Å². The fourth-order valence-corrected chi connectivity index (χ4v) is 1.73. The number of hydrogen-bond acceptors (Lipinski definition) is 2. The summed E-state index contributed by atoms with van der Waals surface area (Å²) >= 11 is 3.12. The van der Waals surface area contributed by atoms with Gasteiger partial charge < -0.3 is 5.32 Å². The standard InChI is InChI=1S/C13H12BrFN2/c14-12-5-4-11(9-13(12)15)17-8-6-10-3-1-2-7-16-10/h1-5,7,9,17H,6,8H2. The Hall–Kier alpha value is -1.42. The SMILES string of the molecule is Fc1cc(NCCc2ccccn2)ccc1Br. The quantitative estimate of drug-likeness (QED) is 0.931. The Morgan fingerprint density at radius 3 is 2.82 bits per heavy atom. The van der Waals surface area contributed by atoms with Crippen LogP contribution in [-0.4, -0.2) is 11.5 Å². The largest absolute Gasteiger partial charge is 0.385 e. The Morgan fingerprint density at radius 1 is 1.24 bits per heavy atom. The highest BCUT2D eigenvalue weighted by Crippen LogP contribution is 2.19. The molecule has 1 heterocycles. The van der Waals surface area contributed by atoms with Crippen LogP contribution in [0.4, 0.5) is 10.1 Å². The third kappa shape index (κ3) is 3.53. The minimum Gasteiger partial charge on any atom is -0.385 e. The van der Waals surface area contributed by atoms with Gasteiger partial charge in [-0.15, -0.1) is 0 Å². The Bertz CT molecular complexity index is 488. The summed E-state index contributed by atoms with van der Waals surface area (Å²) in [7, 11) is 0. The van der Waals surface area contributed by atoms with E-state index in [9.17, 15) is 4.39 Å². The van der Waals surface area contributed by atoms with Crippen LogP contribution >= 0.6 is 15.9 Å². The highest BCUT2D eigenvalue weighted by Gasteiger charge is 2.00. The zero-order valence-electron chi connectivity index (χ0n) is 9.16. The van der Waals surface area contributed by atoms with Crippen LogP contribution in [0.2, 0.25) is 0 Å². The lowest BCUT2D eigenvalue weighted by molar-refractivity contribution is 0.621. The summed E-state index contributed by atoms with van der Waals surface area (Å²) in [6.07, 6.45) is 2.59. The van der Waals surface area contributed by atoms with Crippen molar-refractivity contribution in [3.63, 3.8) is 0 Å². The molecule has 2 nitrogen and oxygen atoms in total. The molecule has 0 radical (unpaired) electrons. The maximum atomic E-state index is 13.2. The maximum Gasteiger partial charge on any atom is 0.139 e. The van der Waals surface area contributed by atoms with Crippen LogP contribution in [0.25, 0.3) is 0 Å². The molecule has 0 atom stereocenters. The van der Waals surface area contributed by atoms with Crippen LogP contribution < -0.4 is 5.32 Å². The molecule has 4 heteroatoms. The average molecular weight is 295 g/mol. The number of nitrogens with zero attached hydrogens (tertiary/aromatic N) is 1. The van der Waals surface area contributed by atoms with E-state index in [1.807, 2.05) is 24.3 Å². The topological polar surface area (TPSA) is 24.9 Å². The Morgan fingerprint density at radius 2 is 2.12 bits per heavy atom. The van der Waals surface area contributed by atoms with Crippen molar-refractivity contribution < 1.29 is 4.39 Å². The van der Waals surface area contributed by atoms with Crippen molar-refractivity contribution in [1.29, 1.82) is 0 Å². The first kappa shape index (κ1) is 12.0. The monoisotopic (exact) mass is 294 g/mol. The summed E-state index contributed by atoms with van der Waals surface area (Å²) in [5.41, 5.74) is 1.80. The van der Waals surface area contributed by atoms with Crippen LogP contribution in [0.15, 0.2) is 47.1 Å². The summed E-state index contributed by atoms with van der Waals surface area (Å²) in [6.45, 7) is 0.734. The van der Waals surface area contributed by atoms with Gasteiger partial charge in [0.05, 0.1) is 4.47 Å². The van der Waals surface area contributed by atoms with Gasteiger partial charge in [0.25, 0.3) is 0 Å². The molecule has 0 unspecified atom stereocenters. The van der Waals surface area contributed by atoms with Crippen molar-refractivity contribution in [2.75, 3.05) is 11.9 Å². The summed E-state index contributed by atoms with van der Waals surface area (Å²) in [4.78, 5) is 4.22. The van der Waals surface area contributed by atoms with Gasteiger partial charge in [-0.05, 0) is 46.3 Å². The molecule has 0 fully saturated rings. The molecule has 2 aromatic rings. The molecular formula is C13H12BrFN2. The number of benzene rings is 1. The molecular weight excluding hydrogens is 283 g/mol. The Labute approximate surface area is 108 Å². The maximum absolute atomic E-state index is 13.2. The van der Waals surface area contributed by atoms with E-state index in [0.29, 0.717) is 4.47 Å². The van der Waals surface area contributed by atoms with Gasteiger partial charge in [-0.1, -0.05) is 6.07 Å². The van der Waals surface area contributed by atoms with E-state index in [0.717, 1.165) is 24.3 Å². The van der Waals surface area contributed by atoms with Gasteiger partial charge in [0, 0.05) is 30.5 Å². The lowest BCUT2D eigenvalue weighted by Crippen LogP contribution is -2.05. The van der Waals surface area contributed by atoms with Gasteiger partial charge in [0.2, 0.25) is 0 Å². The van der Waals surface area contributed by atoms with Crippen molar-refractivity contribution in [3.8, 4) is 0 Å². The number of anilines is 1. The molecule has 1 aromatic heterocycles. The normalized spacial score (nSPS) is 10.2. The average Bonchev–Trinajstić information content (AvgIpc) is 2.35. The second-order valence-electron chi connectivity index (χ2n) is 3.63. The number of halogens is 2. The van der Waals surface area contributed by atoms with E-state index in [2.05, 4.69) is 26.2 Å². The molecule has 0 spiro atoms. The minimum atomic E-state index is -0.257. The van der Waals surface area contributed by atoms with Crippen LogP contribution in [0.1, 0.15) is 5.69 Å². The summed E-state index contributed by atoms with van der Waals surface area (Å²) in [5.74, 6) is -0.257. The molecule has 0 bridgehead atoms. The molecule has 0 saturated carbocycles. The van der Waals surface area contributed by atoms with Crippen molar-refractivity contribution in [2.24, 2.45) is 0 Å². The highest BCUT2D eigenvalue weighted by molar-refractivity contribution is 9.10. The first-order valence-electron chi connectivity index (χ1n) is 5.34. The third-order valence-electron chi connectivity index (χ3n) is 2.36. The smallest absolute Gasteiger partial charge is 0.139 e. The zero-order chi connectivity index (χ0) is 12.1. The molecule has 1 aromatic carbocycles. The van der Waals surface area contributed by atoms with Gasteiger partial charge in [-0.3, -0.25) is 4.98 Å². The number of rotatable bonds is 4. The molecule has 0 saturated heterocycles. The van der Waals surface area contributed by atoms with Crippen molar-refractivity contribution in [2.45, 2.75) is 6.42 Å². The lowest BCUT2D eigenvalue weighted by atomic mass is 10.2. The van der Waals surface area contributed by atoms with Crippen molar-refractivity contribution >= 4 is 21.6 Å². The molecule has 0 aliphatic rings. The zero-order valence-corrected chi connectivity index (χ0v) is 10.7. The Balaban J connectivity index is 1.88. The van der Waals surface area contributed by atoms with Gasteiger partial charge in [0.15, 0.2) is 0 Å². The lowest BCUT2D eigenvalue weighted by Gasteiger charge is -2.06. The summed E-state index contributed by atoms with van der Waals surface area (Å²) in [6, 6.07) is 10.8. The fraction of sp³-hybridized carbons (Fsp3) is 0.154. The number of aromatic nitrogens is 1. The van der Waals surface area contributed by atoms with Gasteiger partial charge >= 0.3 is 0 Å². The molecule has 0 aliphatic heterocycles. The van der Waals surface area contributed by atoms with Crippen molar-refractivity contribution in [3.05, 3.63) is 58.6 Å². The van der Waals surface area contributed by atoms with Crippen molar-refractivity contribution in [1.82, 2.24) is 4.98 Å². The molecule has 1 N–H and O–H groups in total.